The quantitative estimate of drug-likeness (QED) is 0.488. The van der Waals surface area contributed by atoms with Crippen LogP contribution in [0.4, 0.5) is 0 Å². The molecule has 1 fully saturated rings. The molecular formula is C11H12O. The van der Waals surface area contributed by atoms with Crippen LogP contribution in [0.15, 0.2) is 43.0 Å². The van der Waals surface area contributed by atoms with Crippen molar-refractivity contribution in [2.24, 2.45) is 0 Å². The van der Waals surface area contributed by atoms with Gasteiger partial charge in [-0.2, -0.15) is 0 Å². The summed E-state index contributed by atoms with van der Waals surface area (Å²) in [5.74, 6) is 0.381. The average molecular weight is 160 g/mol. The first kappa shape index (κ1) is 7.56. The van der Waals surface area contributed by atoms with Crippen LogP contribution in [-0.2, 0) is 4.74 Å². The Labute approximate surface area is 72.7 Å². The summed E-state index contributed by atoms with van der Waals surface area (Å²) in [5.41, 5.74) is 1.30. The largest absolute Gasteiger partial charge is 0.372 e. The minimum absolute atomic E-state index is 0.380. The highest BCUT2D eigenvalue weighted by atomic mass is 16.6. The zero-order valence-electron chi connectivity index (χ0n) is 6.94. The highest BCUT2D eigenvalue weighted by Crippen LogP contribution is 2.30. The van der Waals surface area contributed by atoms with Gasteiger partial charge in [0.15, 0.2) is 0 Å². The van der Waals surface area contributed by atoms with E-state index in [1.165, 1.54) is 5.56 Å². The van der Waals surface area contributed by atoms with Gasteiger partial charge in [-0.05, 0) is 5.56 Å². The van der Waals surface area contributed by atoms with Crippen molar-refractivity contribution in [2.45, 2.75) is 12.0 Å². The lowest BCUT2D eigenvalue weighted by Crippen LogP contribution is -2.01. The summed E-state index contributed by atoms with van der Waals surface area (Å²) in [6, 6.07) is 10.4. The van der Waals surface area contributed by atoms with Crippen molar-refractivity contribution in [3.63, 3.8) is 0 Å². The first-order valence-electron chi connectivity index (χ1n) is 4.21. The third-order valence-corrected chi connectivity index (χ3v) is 2.20. The number of epoxide rings is 1. The van der Waals surface area contributed by atoms with Gasteiger partial charge in [-0.3, -0.25) is 0 Å². The molecule has 0 amide bonds. The summed E-state index contributed by atoms with van der Waals surface area (Å²) < 4.78 is 5.24. The smallest absolute Gasteiger partial charge is 0.0912 e. The van der Waals surface area contributed by atoms with Gasteiger partial charge in [0.25, 0.3) is 0 Å². The van der Waals surface area contributed by atoms with Crippen molar-refractivity contribution in [3.8, 4) is 0 Å². The maximum Gasteiger partial charge on any atom is 0.0912 e. The molecule has 1 heterocycles. The summed E-state index contributed by atoms with van der Waals surface area (Å²) in [6.45, 7) is 4.70. The van der Waals surface area contributed by atoms with E-state index in [0.717, 1.165) is 6.61 Å². The highest BCUT2D eigenvalue weighted by molar-refractivity contribution is 5.25. The fourth-order valence-electron chi connectivity index (χ4n) is 1.44. The minimum Gasteiger partial charge on any atom is -0.372 e. The summed E-state index contributed by atoms with van der Waals surface area (Å²) in [4.78, 5) is 0. The first-order valence-corrected chi connectivity index (χ1v) is 4.21. The molecular weight excluding hydrogens is 148 g/mol. The zero-order valence-corrected chi connectivity index (χ0v) is 6.94. The molecule has 1 nitrogen and oxygen atoms in total. The van der Waals surface area contributed by atoms with E-state index in [2.05, 4.69) is 18.7 Å². The summed E-state index contributed by atoms with van der Waals surface area (Å²) in [6.07, 6.45) is 2.34. The lowest BCUT2D eigenvalue weighted by atomic mass is 9.96. The molecule has 0 unspecified atom stereocenters. The van der Waals surface area contributed by atoms with Crippen molar-refractivity contribution in [3.05, 3.63) is 48.6 Å². The maximum absolute atomic E-state index is 5.24. The van der Waals surface area contributed by atoms with Gasteiger partial charge >= 0.3 is 0 Å². The lowest BCUT2D eigenvalue weighted by molar-refractivity contribution is 0.393. The SMILES string of the molecule is C=C[C@@H](c1ccccc1)[C@H]1CO1. The zero-order chi connectivity index (χ0) is 8.39. The van der Waals surface area contributed by atoms with E-state index < -0.39 is 0 Å². The molecule has 12 heavy (non-hydrogen) atoms. The van der Waals surface area contributed by atoms with Gasteiger partial charge in [0.05, 0.1) is 12.7 Å². The van der Waals surface area contributed by atoms with Crippen LogP contribution in [0.5, 0.6) is 0 Å². The van der Waals surface area contributed by atoms with Crippen LogP contribution in [-0.4, -0.2) is 12.7 Å². The summed E-state index contributed by atoms with van der Waals surface area (Å²) in [7, 11) is 0. The van der Waals surface area contributed by atoms with Gasteiger partial charge in [-0.15, -0.1) is 6.58 Å². The van der Waals surface area contributed by atoms with E-state index in [1.54, 1.807) is 0 Å². The second kappa shape index (κ2) is 3.11. The Balaban J connectivity index is 2.21. The molecule has 1 aliphatic heterocycles. The molecule has 1 aliphatic rings. The third-order valence-electron chi connectivity index (χ3n) is 2.20. The Bertz CT molecular complexity index is 262. The summed E-state index contributed by atoms with van der Waals surface area (Å²) >= 11 is 0. The third kappa shape index (κ3) is 1.41. The predicted molar refractivity (Wildman–Crippen MR) is 49.1 cm³/mol. The molecule has 0 N–H and O–H groups in total. The Morgan fingerprint density at radius 3 is 2.58 bits per heavy atom. The second-order valence-corrected chi connectivity index (χ2v) is 3.04. The Kier molecular flexibility index (Phi) is 1.96. The molecule has 2 atom stereocenters. The summed E-state index contributed by atoms with van der Waals surface area (Å²) in [5, 5.41) is 0. The Hall–Kier alpha value is -1.08. The lowest BCUT2D eigenvalue weighted by Gasteiger charge is -2.08. The van der Waals surface area contributed by atoms with Crippen molar-refractivity contribution < 1.29 is 4.74 Å². The minimum atomic E-state index is 0.380. The molecule has 0 radical (unpaired) electrons. The molecule has 0 spiro atoms. The maximum atomic E-state index is 5.24. The molecule has 0 aromatic heterocycles. The molecule has 0 saturated carbocycles. The molecule has 2 rings (SSSR count). The molecule has 1 aromatic carbocycles. The van der Waals surface area contributed by atoms with Crippen LogP contribution < -0.4 is 0 Å². The Morgan fingerprint density at radius 1 is 1.42 bits per heavy atom. The molecule has 0 bridgehead atoms. The van der Waals surface area contributed by atoms with E-state index >= 15 is 0 Å². The number of benzene rings is 1. The average Bonchev–Trinajstić information content (AvgIpc) is 2.92. The molecule has 1 aromatic rings. The van der Waals surface area contributed by atoms with Crippen LogP contribution in [0.3, 0.4) is 0 Å². The van der Waals surface area contributed by atoms with Gasteiger partial charge < -0.3 is 4.74 Å². The van der Waals surface area contributed by atoms with E-state index in [1.807, 2.05) is 24.3 Å². The van der Waals surface area contributed by atoms with Crippen LogP contribution in [0.2, 0.25) is 0 Å². The fourth-order valence-corrected chi connectivity index (χ4v) is 1.44. The fraction of sp³-hybridized carbons (Fsp3) is 0.273. The molecule has 62 valence electrons. The van der Waals surface area contributed by atoms with E-state index in [0.29, 0.717) is 12.0 Å². The standard InChI is InChI=1S/C11H12O/c1-2-10(11-8-12-11)9-6-4-3-5-7-9/h2-7,10-11H,1,8H2/t10-,11+/m0/s1. The van der Waals surface area contributed by atoms with E-state index in [-0.39, 0.29) is 0 Å². The van der Waals surface area contributed by atoms with Crippen molar-refractivity contribution in [1.29, 1.82) is 0 Å². The second-order valence-electron chi connectivity index (χ2n) is 3.04. The van der Waals surface area contributed by atoms with Gasteiger partial charge in [-0.1, -0.05) is 36.4 Å². The first-order chi connectivity index (χ1) is 5.92. The van der Waals surface area contributed by atoms with Gasteiger partial charge in [-0.25, -0.2) is 0 Å². The van der Waals surface area contributed by atoms with Crippen LogP contribution in [0.1, 0.15) is 11.5 Å². The van der Waals surface area contributed by atoms with Gasteiger partial charge in [0.1, 0.15) is 0 Å². The van der Waals surface area contributed by atoms with Crippen LogP contribution >= 0.6 is 0 Å². The van der Waals surface area contributed by atoms with Crippen molar-refractivity contribution in [1.82, 2.24) is 0 Å². The normalized spacial score (nSPS) is 23.2. The highest BCUT2D eigenvalue weighted by Gasteiger charge is 2.31. The van der Waals surface area contributed by atoms with Crippen LogP contribution in [0, 0.1) is 0 Å². The predicted octanol–water partition coefficient (Wildman–Crippen LogP) is 2.36. The molecule has 1 saturated heterocycles. The van der Waals surface area contributed by atoms with Crippen molar-refractivity contribution >= 4 is 0 Å². The number of hydrogen-bond acceptors (Lipinski definition) is 1. The van der Waals surface area contributed by atoms with Crippen molar-refractivity contribution in [2.75, 3.05) is 6.61 Å². The van der Waals surface area contributed by atoms with Gasteiger partial charge in [0, 0.05) is 5.92 Å². The van der Waals surface area contributed by atoms with E-state index in [4.69, 9.17) is 4.74 Å². The topological polar surface area (TPSA) is 12.5 Å². The van der Waals surface area contributed by atoms with E-state index in [9.17, 15) is 0 Å². The number of rotatable bonds is 3. The Morgan fingerprint density at radius 2 is 2.08 bits per heavy atom. The monoisotopic (exact) mass is 160 g/mol. The molecule has 1 heteroatoms. The van der Waals surface area contributed by atoms with Gasteiger partial charge in [0.2, 0.25) is 0 Å². The number of hydrogen-bond donors (Lipinski definition) is 0. The number of ether oxygens (including phenoxy) is 1. The molecule has 0 aliphatic carbocycles. The van der Waals surface area contributed by atoms with Crippen LogP contribution in [0.25, 0.3) is 0 Å².